The van der Waals surface area contributed by atoms with Crippen molar-refractivity contribution >= 4 is 45.5 Å². The first-order valence-electron chi connectivity index (χ1n) is 6.30. The number of cyclic esters (lactones) is 1. The molecule has 1 aliphatic rings. The van der Waals surface area contributed by atoms with E-state index in [2.05, 4.69) is 20.9 Å². The van der Waals surface area contributed by atoms with Crippen LogP contribution < -0.4 is 0 Å². The Morgan fingerprint density at radius 3 is 2.64 bits per heavy atom. The number of aromatic hydroxyl groups is 1. The lowest BCUT2D eigenvalue weighted by molar-refractivity contribution is -0.129. The van der Waals surface area contributed by atoms with E-state index in [1.165, 1.54) is 12.1 Å². The van der Waals surface area contributed by atoms with Crippen LogP contribution in [0.25, 0.3) is 6.08 Å². The largest absolute Gasteiger partial charge is 0.507 e. The van der Waals surface area contributed by atoms with E-state index in [0.717, 1.165) is 4.47 Å². The fourth-order valence-corrected chi connectivity index (χ4v) is 2.42. The molecule has 1 aliphatic heterocycles. The predicted octanol–water partition coefficient (Wildman–Crippen LogP) is 4.15. The van der Waals surface area contributed by atoms with E-state index >= 15 is 0 Å². The van der Waals surface area contributed by atoms with Crippen molar-refractivity contribution in [3.05, 3.63) is 68.8 Å². The van der Waals surface area contributed by atoms with Gasteiger partial charge in [0.1, 0.15) is 5.75 Å². The Labute approximate surface area is 139 Å². The molecule has 22 heavy (non-hydrogen) atoms. The maximum atomic E-state index is 11.9. The third kappa shape index (κ3) is 3.05. The summed E-state index contributed by atoms with van der Waals surface area (Å²) in [4.78, 5) is 16.1. The number of hydrogen-bond acceptors (Lipinski definition) is 4. The van der Waals surface area contributed by atoms with Crippen molar-refractivity contribution in [3.8, 4) is 5.75 Å². The van der Waals surface area contributed by atoms with Crippen LogP contribution >= 0.6 is 27.5 Å². The van der Waals surface area contributed by atoms with Gasteiger partial charge in [-0.3, -0.25) is 0 Å². The number of ether oxygens (including phenoxy) is 1. The average molecular weight is 379 g/mol. The van der Waals surface area contributed by atoms with Gasteiger partial charge in [-0.1, -0.05) is 27.5 Å². The molecule has 0 saturated heterocycles. The zero-order valence-corrected chi connectivity index (χ0v) is 13.4. The smallest absolute Gasteiger partial charge is 0.363 e. The van der Waals surface area contributed by atoms with E-state index in [9.17, 15) is 9.90 Å². The van der Waals surface area contributed by atoms with E-state index in [0.29, 0.717) is 16.1 Å². The van der Waals surface area contributed by atoms with Gasteiger partial charge < -0.3 is 9.84 Å². The summed E-state index contributed by atoms with van der Waals surface area (Å²) >= 11 is 9.14. The van der Waals surface area contributed by atoms with Crippen LogP contribution in [-0.4, -0.2) is 17.0 Å². The maximum absolute atomic E-state index is 11.9. The summed E-state index contributed by atoms with van der Waals surface area (Å²) in [7, 11) is 0. The lowest BCUT2D eigenvalue weighted by atomic mass is 10.1. The number of phenols is 1. The van der Waals surface area contributed by atoms with E-state index in [1.54, 1.807) is 36.4 Å². The number of carbonyl (C=O) groups excluding carboxylic acids is 1. The first kappa shape index (κ1) is 14.8. The summed E-state index contributed by atoms with van der Waals surface area (Å²) in [6.07, 6.45) is 1.48. The minimum Gasteiger partial charge on any atom is -0.507 e. The van der Waals surface area contributed by atoms with Gasteiger partial charge in [0, 0.05) is 20.6 Å². The topological polar surface area (TPSA) is 58.9 Å². The summed E-state index contributed by atoms with van der Waals surface area (Å²) in [5.41, 5.74) is 1.25. The first-order chi connectivity index (χ1) is 10.5. The van der Waals surface area contributed by atoms with Gasteiger partial charge in [0.2, 0.25) is 5.90 Å². The van der Waals surface area contributed by atoms with Crippen LogP contribution in [0.3, 0.4) is 0 Å². The Morgan fingerprint density at radius 1 is 1.18 bits per heavy atom. The van der Waals surface area contributed by atoms with Gasteiger partial charge >= 0.3 is 5.97 Å². The van der Waals surface area contributed by atoms with Gasteiger partial charge in [-0.05, 0) is 48.5 Å². The zero-order valence-electron chi connectivity index (χ0n) is 11.1. The monoisotopic (exact) mass is 377 g/mol. The third-order valence-corrected chi connectivity index (χ3v) is 3.74. The molecule has 1 N–H and O–H groups in total. The first-order valence-corrected chi connectivity index (χ1v) is 7.47. The van der Waals surface area contributed by atoms with Crippen molar-refractivity contribution in [3.63, 3.8) is 0 Å². The number of aliphatic imine (C=N–C) groups is 1. The number of hydrogen-bond donors (Lipinski definition) is 1. The van der Waals surface area contributed by atoms with Crippen LogP contribution in [0.5, 0.6) is 5.75 Å². The molecule has 6 heteroatoms. The fraction of sp³-hybridized carbons (Fsp3) is 0. The van der Waals surface area contributed by atoms with Crippen LogP contribution in [0.4, 0.5) is 0 Å². The molecule has 0 amide bonds. The Kier molecular flexibility index (Phi) is 4.00. The Balaban J connectivity index is 1.97. The number of nitrogens with zero attached hydrogens (tertiary/aromatic N) is 1. The fourth-order valence-electron chi connectivity index (χ4n) is 1.91. The molecule has 0 saturated carbocycles. The number of rotatable bonds is 2. The molecule has 0 fully saturated rings. The minimum absolute atomic E-state index is 0.0543. The van der Waals surface area contributed by atoms with Crippen molar-refractivity contribution in [1.82, 2.24) is 0 Å². The molecule has 110 valence electrons. The number of benzene rings is 2. The van der Waals surface area contributed by atoms with Gasteiger partial charge in [-0.25, -0.2) is 9.79 Å². The minimum atomic E-state index is -0.565. The van der Waals surface area contributed by atoms with E-state index in [1.807, 2.05) is 0 Å². The average Bonchev–Trinajstić information content (AvgIpc) is 2.85. The van der Waals surface area contributed by atoms with E-state index < -0.39 is 5.97 Å². The second kappa shape index (κ2) is 5.94. The number of esters is 1. The lowest BCUT2D eigenvalue weighted by Gasteiger charge is -1.99. The van der Waals surface area contributed by atoms with Gasteiger partial charge in [-0.15, -0.1) is 0 Å². The van der Waals surface area contributed by atoms with Gasteiger partial charge in [0.15, 0.2) is 5.70 Å². The van der Waals surface area contributed by atoms with Gasteiger partial charge in [0.25, 0.3) is 0 Å². The van der Waals surface area contributed by atoms with Crippen molar-refractivity contribution in [2.24, 2.45) is 4.99 Å². The molecule has 0 aliphatic carbocycles. The van der Waals surface area contributed by atoms with Crippen LogP contribution in [0.15, 0.2) is 57.6 Å². The standard InChI is InChI=1S/C16H9BrClNO3/c17-11-3-6-14(20)10(7-11)8-13-16(21)22-15(19-13)9-1-4-12(18)5-2-9/h1-8,20H/b13-8+. The van der Waals surface area contributed by atoms with E-state index in [-0.39, 0.29) is 17.3 Å². The summed E-state index contributed by atoms with van der Waals surface area (Å²) in [6.45, 7) is 0. The number of carbonyl (C=O) groups is 1. The van der Waals surface area contributed by atoms with Gasteiger partial charge in [-0.2, -0.15) is 0 Å². The maximum Gasteiger partial charge on any atom is 0.363 e. The molecule has 0 radical (unpaired) electrons. The Hall–Kier alpha value is -2.11. The van der Waals surface area contributed by atoms with E-state index in [4.69, 9.17) is 16.3 Å². The van der Waals surface area contributed by atoms with Crippen LogP contribution in [0, 0.1) is 0 Å². The zero-order chi connectivity index (χ0) is 15.7. The van der Waals surface area contributed by atoms with Crippen molar-refractivity contribution in [1.29, 1.82) is 0 Å². The Bertz CT molecular complexity index is 813. The highest BCUT2D eigenvalue weighted by atomic mass is 79.9. The Morgan fingerprint density at radius 2 is 1.91 bits per heavy atom. The summed E-state index contributed by atoms with van der Waals surface area (Å²) in [5.74, 6) is -0.301. The second-order valence-electron chi connectivity index (χ2n) is 4.55. The van der Waals surface area contributed by atoms with Gasteiger partial charge in [0.05, 0.1) is 0 Å². The SMILES string of the molecule is O=C1OC(c2ccc(Cl)cc2)=N/C1=C/c1cc(Br)ccc1O. The molecule has 0 spiro atoms. The summed E-state index contributed by atoms with van der Waals surface area (Å²) in [6, 6.07) is 11.7. The summed E-state index contributed by atoms with van der Waals surface area (Å²) < 4.78 is 5.93. The highest BCUT2D eigenvalue weighted by Gasteiger charge is 2.24. The van der Waals surface area contributed by atoms with Crippen molar-refractivity contribution in [2.75, 3.05) is 0 Å². The predicted molar refractivity (Wildman–Crippen MR) is 87.9 cm³/mol. The molecule has 2 aromatic carbocycles. The van der Waals surface area contributed by atoms with Crippen LogP contribution in [-0.2, 0) is 9.53 Å². The second-order valence-corrected chi connectivity index (χ2v) is 5.90. The molecule has 3 rings (SSSR count). The van der Waals surface area contributed by atoms with Crippen LogP contribution in [0.2, 0.25) is 5.02 Å². The molecule has 0 unspecified atom stereocenters. The lowest BCUT2D eigenvalue weighted by Crippen LogP contribution is -2.05. The third-order valence-electron chi connectivity index (χ3n) is 2.99. The molecule has 0 atom stereocenters. The number of phenolic OH excluding ortho intramolecular Hbond substituents is 1. The summed E-state index contributed by atoms with van der Waals surface area (Å²) in [5, 5.41) is 10.4. The molecule has 0 aromatic heterocycles. The molecular weight excluding hydrogens is 370 g/mol. The molecular formula is C16H9BrClNO3. The normalized spacial score (nSPS) is 15.8. The molecule has 1 heterocycles. The highest BCUT2D eigenvalue weighted by molar-refractivity contribution is 9.10. The highest BCUT2D eigenvalue weighted by Crippen LogP contribution is 2.26. The van der Waals surface area contributed by atoms with Crippen LogP contribution in [0.1, 0.15) is 11.1 Å². The number of halogens is 2. The molecule has 4 nitrogen and oxygen atoms in total. The molecule has 0 bridgehead atoms. The van der Waals surface area contributed by atoms with Crippen molar-refractivity contribution in [2.45, 2.75) is 0 Å². The van der Waals surface area contributed by atoms with Crippen molar-refractivity contribution < 1.29 is 14.6 Å². The molecule has 2 aromatic rings. The quantitative estimate of drug-likeness (QED) is 0.631.